The number of anilines is 2. The van der Waals surface area contributed by atoms with Crippen molar-refractivity contribution in [1.29, 1.82) is 0 Å². The number of likely N-dealkylation sites (tertiary alicyclic amines) is 1. The van der Waals surface area contributed by atoms with Crippen LogP contribution in [0.1, 0.15) is 58.6 Å². The van der Waals surface area contributed by atoms with E-state index in [9.17, 15) is 8.78 Å². The molecule has 0 bridgehead atoms. The molecule has 2 aliphatic rings. The number of aromatic amines is 1. The lowest BCUT2D eigenvalue weighted by atomic mass is 10.00. The number of amidine groups is 1. The molecule has 1 aliphatic carbocycles. The molecule has 0 unspecified atom stereocenters. The van der Waals surface area contributed by atoms with Gasteiger partial charge in [-0.05, 0) is 82.8 Å². The Kier molecular flexibility index (Phi) is 8.62. The second-order valence-corrected chi connectivity index (χ2v) is 10.8. The van der Waals surface area contributed by atoms with Crippen molar-refractivity contribution in [1.82, 2.24) is 15.1 Å². The number of benzene rings is 1. The van der Waals surface area contributed by atoms with E-state index in [4.69, 9.17) is 4.99 Å². The van der Waals surface area contributed by atoms with E-state index in [1.807, 2.05) is 13.0 Å². The van der Waals surface area contributed by atoms with E-state index >= 15 is 0 Å². The molecule has 1 saturated heterocycles. The van der Waals surface area contributed by atoms with Crippen LogP contribution in [-0.2, 0) is 0 Å². The van der Waals surface area contributed by atoms with Gasteiger partial charge in [0.25, 0.3) is 0 Å². The van der Waals surface area contributed by atoms with E-state index in [-0.39, 0.29) is 5.69 Å². The summed E-state index contributed by atoms with van der Waals surface area (Å²) in [6, 6.07) is 4.66. The summed E-state index contributed by atoms with van der Waals surface area (Å²) in [5.41, 5.74) is 4.59. The van der Waals surface area contributed by atoms with Crippen molar-refractivity contribution in [3.63, 3.8) is 0 Å². The summed E-state index contributed by atoms with van der Waals surface area (Å²) in [5, 5.41) is 10.8. The molecule has 6 nitrogen and oxygen atoms in total. The molecule has 0 radical (unpaired) electrons. The maximum absolute atomic E-state index is 15.0. The summed E-state index contributed by atoms with van der Waals surface area (Å²) >= 11 is 1.31. The van der Waals surface area contributed by atoms with Crippen LogP contribution in [0.5, 0.6) is 0 Å². The van der Waals surface area contributed by atoms with Crippen LogP contribution in [0.15, 0.2) is 50.8 Å². The summed E-state index contributed by atoms with van der Waals surface area (Å²) < 4.78 is 29.9. The number of nitrogens with zero attached hydrogens (tertiary/aromatic N) is 4. The Labute approximate surface area is 223 Å². The van der Waals surface area contributed by atoms with Gasteiger partial charge >= 0.3 is 0 Å². The van der Waals surface area contributed by atoms with Crippen molar-refractivity contribution in [2.45, 2.75) is 64.7 Å². The number of aromatic nitrogens is 2. The SMILES string of the molecule is CC/C(C)=C(/C(=C(\N=C(/C)N(C)c1c(F)cc(SC)cc1F)Nc1cc(C)[nH]n1)C1CC1)N1CCCC1. The van der Waals surface area contributed by atoms with Gasteiger partial charge in [0.1, 0.15) is 17.3 Å². The first-order valence-electron chi connectivity index (χ1n) is 13.0. The molecule has 37 heavy (non-hydrogen) atoms. The molecular weight excluding hydrogens is 490 g/mol. The fraction of sp³-hybridized carbons (Fsp3) is 0.500. The Morgan fingerprint density at radius 2 is 1.84 bits per heavy atom. The van der Waals surface area contributed by atoms with Crippen LogP contribution in [0.25, 0.3) is 0 Å². The quantitative estimate of drug-likeness (QED) is 0.158. The van der Waals surface area contributed by atoms with E-state index in [1.165, 1.54) is 58.5 Å². The van der Waals surface area contributed by atoms with Crippen LogP contribution in [0, 0.1) is 24.5 Å². The largest absolute Gasteiger partial charge is 0.371 e. The van der Waals surface area contributed by atoms with Crippen LogP contribution < -0.4 is 10.2 Å². The van der Waals surface area contributed by atoms with E-state index in [1.54, 1.807) is 20.2 Å². The Morgan fingerprint density at radius 1 is 1.19 bits per heavy atom. The summed E-state index contributed by atoms with van der Waals surface area (Å²) in [6.45, 7) is 10.2. The minimum Gasteiger partial charge on any atom is -0.371 e. The number of hydrogen-bond donors (Lipinski definition) is 2. The summed E-state index contributed by atoms with van der Waals surface area (Å²) in [6.07, 6.45) is 7.28. The molecule has 2 heterocycles. The van der Waals surface area contributed by atoms with Crippen LogP contribution in [0.3, 0.4) is 0 Å². The second kappa shape index (κ2) is 11.7. The molecular formula is C28H38F2N6S. The smallest absolute Gasteiger partial charge is 0.153 e. The van der Waals surface area contributed by atoms with Crippen molar-refractivity contribution >= 4 is 29.1 Å². The number of thioether (sulfide) groups is 1. The number of rotatable bonds is 9. The third-order valence-corrected chi connectivity index (χ3v) is 7.83. The average Bonchev–Trinajstić information content (AvgIpc) is 3.39. The van der Waals surface area contributed by atoms with Crippen molar-refractivity contribution in [2.75, 3.05) is 36.6 Å². The van der Waals surface area contributed by atoms with Gasteiger partial charge in [0.2, 0.25) is 0 Å². The summed E-state index contributed by atoms with van der Waals surface area (Å²) in [5.74, 6) is 1.01. The third kappa shape index (κ3) is 6.20. The lowest BCUT2D eigenvalue weighted by molar-refractivity contribution is 0.422. The Bertz CT molecular complexity index is 1200. The van der Waals surface area contributed by atoms with Gasteiger partial charge in [-0.25, -0.2) is 13.8 Å². The van der Waals surface area contributed by atoms with Crippen LogP contribution in [0.2, 0.25) is 0 Å². The highest BCUT2D eigenvalue weighted by molar-refractivity contribution is 7.98. The number of H-pyrrole nitrogens is 1. The van der Waals surface area contributed by atoms with Crippen LogP contribution in [0.4, 0.5) is 20.3 Å². The summed E-state index contributed by atoms with van der Waals surface area (Å²) in [7, 11) is 1.65. The fourth-order valence-electron chi connectivity index (χ4n) is 4.79. The number of allylic oxidation sites excluding steroid dienone is 2. The number of aryl methyl sites for hydroxylation is 1. The van der Waals surface area contributed by atoms with Gasteiger partial charge in [0, 0.05) is 48.1 Å². The number of aliphatic imine (C=N–C) groups is 1. The average molecular weight is 529 g/mol. The third-order valence-electron chi connectivity index (χ3n) is 7.13. The molecule has 0 amide bonds. The first-order chi connectivity index (χ1) is 17.7. The highest BCUT2D eigenvalue weighted by Gasteiger charge is 2.35. The highest BCUT2D eigenvalue weighted by Crippen LogP contribution is 2.45. The second-order valence-electron chi connectivity index (χ2n) is 9.93. The van der Waals surface area contributed by atoms with Gasteiger partial charge in [0.05, 0.1) is 0 Å². The highest BCUT2D eigenvalue weighted by atomic mass is 32.2. The van der Waals surface area contributed by atoms with E-state index in [0.717, 1.165) is 38.0 Å². The maximum Gasteiger partial charge on any atom is 0.153 e. The molecule has 1 aromatic heterocycles. The zero-order valence-electron chi connectivity index (χ0n) is 22.7. The monoisotopic (exact) mass is 528 g/mol. The minimum atomic E-state index is -0.607. The van der Waals surface area contributed by atoms with Crippen molar-refractivity contribution in [3.8, 4) is 0 Å². The molecule has 4 rings (SSSR count). The topological polar surface area (TPSA) is 59.6 Å². The fourth-order valence-corrected chi connectivity index (χ4v) is 5.23. The lowest BCUT2D eigenvalue weighted by Crippen LogP contribution is -2.27. The number of halogens is 2. The maximum atomic E-state index is 15.0. The minimum absolute atomic E-state index is 0.109. The molecule has 9 heteroatoms. The van der Waals surface area contributed by atoms with Gasteiger partial charge < -0.3 is 15.1 Å². The molecule has 1 saturated carbocycles. The Hall–Kier alpha value is -2.81. The molecule has 0 atom stereocenters. The van der Waals surface area contributed by atoms with Crippen molar-refractivity contribution < 1.29 is 8.78 Å². The first kappa shape index (κ1) is 27.2. The molecule has 2 N–H and O–H groups in total. The molecule has 2 fully saturated rings. The normalized spacial score (nSPS) is 17.6. The standard InChI is InChI=1S/C28H38F2N6S/c1-7-17(2)26(36-12-8-9-13-36)25(20-10-11-20)28(32-24-14-18(3)33-34-24)31-19(4)35(5)27-22(29)15-21(37-6)16-23(27)30/h14-16,20H,7-13H2,1-6H3,(H2,32,33,34)/b26-17-,28-25+,31-19+. The van der Waals surface area contributed by atoms with Crippen molar-refractivity contribution in [2.24, 2.45) is 10.9 Å². The van der Waals surface area contributed by atoms with Gasteiger partial charge in [-0.1, -0.05) is 6.92 Å². The van der Waals surface area contributed by atoms with E-state index < -0.39 is 11.6 Å². The van der Waals surface area contributed by atoms with E-state index in [0.29, 0.717) is 28.3 Å². The van der Waals surface area contributed by atoms with Gasteiger partial charge in [-0.15, -0.1) is 11.8 Å². The van der Waals surface area contributed by atoms with Crippen LogP contribution >= 0.6 is 11.8 Å². The Balaban J connectivity index is 1.85. The zero-order chi connectivity index (χ0) is 26.7. The summed E-state index contributed by atoms with van der Waals surface area (Å²) in [4.78, 5) is 9.53. The molecule has 1 aromatic carbocycles. The number of hydrogen-bond acceptors (Lipinski definition) is 5. The van der Waals surface area contributed by atoms with Crippen molar-refractivity contribution in [3.05, 3.63) is 58.2 Å². The van der Waals surface area contributed by atoms with Gasteiger partial charge in [0.15, 0.2) is 17.5 Å². The van der Waals surface area contributed by atoms with Crippen LogP contribution in [-0.4, -0.2) is 47.3 Å². The first-order valence-corrected chi connectivity index (χ1v) is 14.3. The number of nitrogens with one attached hydrogen (secondary N) is 2. The predicted molar refractivity (Wildman–Crippen MR) is 150 cm³/mol. The van der Waals surface area contributed by atoms with Gasteiger partial charge in [-0.2, -0.15) is 5.10 Å². The van der Waals surface area contributed by atoms with Gasteiger partial charge in [-0.3, -0.25) is 5.10 Å². The Morgan fingerprint density at radius 3 is 2.35 bits per heavy atom. The molecule has 200 valence electrons. The molecule has 1 aliphatic heterocycles. The predicted octanol–water partition coefficient (Wildman–Crippen LogP) is 7.09. The van der Waals surface area contributed by atoms with E-state index in [2.05, 4.69) is 34.3 Å². The lowest BCUT2D eigenvalue weighted by Gasteiger charge is -2.28. The molecule has 0 spiro atoms. The zero-order valence-corrected chi connectivity index (χ0v) is 23.5. The molecule has 2 aromatic rings.